The lowest BCUT2D eigenvalue weighted by Gasteiger charge is -2.05. The fourth-order valence-electron chi connectivity index (χ4n) is 2.55. The van der Waals surface area contributed by atoms with Gasteiger partial charge in [0.2, 0.25) is 5.91 Å². The van der Waals surface area contributed by atoms with Gasteiger partial charge in [-0.2, -0.15) is 0 Å². The molecule has 0 aliphatic heterocycles. The van der Waals surface area contributed by atoms with Crippen molar-refractivity contribution in [3.05, 3.63) is 76.8 Å². The van der Waals surface area contributed by atoms with Crippen LogP contribution in [0.5, 0.6) is 0 Å². The summed E-state index contributed by atoms with van der Waals surface area (Å²) >= 11 is 5.83. The minimum atomic E-state index is -0.724. The smallest absolute Gasteiger partial charge is 0.220 e. The Bertz CT molecular complexity index is 926. The Morgan fingerprint density at radius 2 is 1.89 bits per heavy atom. The fraction of sp³-hybridized carbons (Fsp3) is 0.200. The summed E-state index contributed by atoms with van der Waals surface area (Å²) in [5.74, 6) is -0.993. The molecule has 7 heteroatoms. The molecule has 0 unspecified atom stereocenters. The molecule has 3 rings (SSSR count). The van der Waals surface area contributed by atoms with E-state index in [1.54, 1.807) is 0 Å². The Balaban J connectivity index is 1.46. The van der Waals surface area contributed by atoms with Crippen molar-refractivity contribution in [3.63, 3.8) is 0 Å². The second-order valence-corrected chi connectivity index (χ2v) is 6.41. The predicted molar refractivity (Wildman–Crippen MR) is 98.3 cm³/mol. The van der Waals surface area contributed by atoms with Gasteiger partial charge in [-0.3, -0.25) is 4.79 Å². The normalized spacial score (nSPS) is 10.8. The first-order valence-electron chi connectivity index (χ1n) is 8.42. The number of benzene rings is 2. The number of hydrogen-bond acceptors (Lipinski definition) is 3. The zero-order chi connectivity index (χ0) is 19.2. The van der Waals surface area contributed by atoms with E-state index in [1.807, 2.05) is 24.3 Å². The molecule has 2 aromatic carbocycles. The van der Waals surface area contributed by atoms with Crippen LogP contribution in [0.15, 0.2) is 53.1 Å². The third kappa shape index (κ3) is 5.37. The molecule has 0 bridgehead atoms. The summed E-state index contributed by atoms with van der Waals surface area (Å²) in [6, 6.07) is 10.7. The first kappa shape index (κ1) is 19.0. The van der Waals surface area contributed by atoms with Crippen LogP contribution < -0.4 is 5.32 Å². The van der Waals surface area contributed by atoms with Gasteiger partial charge in [-0.05, 0) is 36.2 Å². The molecule has 1 aromatic heterocycles. The molecule has 0 aliphatic carbocycles. The highest BCUT2D eigenvalue weighted by molar-refractivity contribution is 6.30. The first-order chi connectivity index (χ1) is 13.0. The number of nitrogens with one attached hydrogen (secondary N) is 1. The van der Waals surface area contributed by atoms with Crippen LogP contribution in [-0.2, 0) is 17.6 Å². The van der Waals surface area contributed by atoms with Gasteiger partial charge in [0, 0.05) is 30.5 Å². The average Bonchev–Trinajstić information content (AvgIpc) is 3.10. The SMILES string of the molecule is O=C(CCc1ncc(-c2ccc(F)cc2F)o1)NCCc1ccc(Cl)cc1. The number of carbonyl (C=O) groups is 1. The van der Waals surface area contributed by atoms with Gasteiger partial charge in [0.15, 0.2) is 11.7 Å². The summed E-state index contributed by atoms with van der Waals surface area (Å²) in [4.78, 5) is 16.0. The van der Waals surface area contributed by atoms with Gasteiger partial charge in [-0.1, -0.05) is 23.7 Å². The minimum Gasteiger partial charge on any atom is -0.441 e. The quantitative estimate of drug-likeness (QED) is 0.643. The highest BCUT2D eigenvalue weighted by Crippen LogP contribution is 2.24. The molecule has 0 fully saturated rings. The number of nitrogens with zero attached hydrogens (tertiary/aromatic N) is 1. The van der Waals surface area contributed by atoms with E-state index >= 15 is 0 Å². The second kappa shape index (κ2) is 8.77. The molecule has 1 N–H and O–H groups in total. The Hall–Kier alpha value is -2.73. The zero-order valence-corrected chi connectivity index (χ0v) is 15.1. The number of oxazole rings is 1. The number of amides is 1. The average molecular weight is 391 g/mol. The van der Waals surface area contributed by atoms with Crippen molar-refractivity contribution in [1.29, 1.82) is 0 Å². The van der Waals surface area contributed by atoms with E-state index < -0.39 is 11.6 Å². The van der Waals surface area contributed by atoms with E-state index in [9.17, 15) is 13.6 Å². The van der Waals surface area contributed by atoms with E-state index in [4.69, 9.17) is 16.0 Å². The van der Waals surface area contributed by atoms with Gasteiger partial charge >= 0.3 is 0 Å². The van der Waals surface area contributed by atoms with Gasteiger partial charge in [-0.15, -0.1) is 0 Å². The fourth-order valence-corrected chi connectivity index (χ4v) is 2.67. The lowest BCUT2D eigenvalue weighted by Crippen LogP contribution is -2.25. The zero-order valence-electron chi connectivity index (χ0n) is 14.3. The maximum Gasteiger partial charge on any atom is 0.220 e. The Morgan fingerprint density at radius 1 is 1.11 bits per heavy atom. The van der Waals surface area contributed by atoms with Gasteiger partial charge in [0.05, 0.1) is 11.8 Å². The molecule has 4 nitrogen and oxygen atoms in total. The van der Waals surface area contributed by atoms with Crippen molar-refractivity contribution in [2.24, 2.45) is 0 Å². The molecule has 0 radical (unpaired) electrons. The predicted octanol–water partition coefficient (Wildman–Crippen LogP) is 4.56. The number of carbonyl (C=O) groups excluding carboxylic acids is 1. The molecule has 0 spiro atoms. The summed E-state index contributed by atoms with van der Waals surface area (Å²) in [6.07, 6.45) is 2.56. The second-order valence-electron chi connectivity index (χ2n) is 5.97. The Labute approximate surface area is 160 Å². The summed E-state index contributed by atoms with van der Waals surface area (Å²) < 4.78 is 32.2. The topological polar surface area (TPSA) is 55.1 Å². The van der Waals surface area contributed by atoms with Crippen molar-refractivity contribution in [3.8, 4) is 11.3 Å². The summed E-state index contributed by atoms with van der Waals surface area (Å²) in [5.41, 5.74) is 1.21. The van der Waals surface area contributed by atoms with Crippen LogP contribution in [0.3, 0.4) is 0 Å². The molecule has 1 heterocycles. The maximum atomic E-state index is 13.8. The molecular formula is C20H17ClF2N2O2. The van der Waals surface area contributed by atoms with Crippen molar-refractivity contribution in [2.75, 3.05) is 6.54 Å². The van der Waals surface area contributed by atoms with Gasteiger partial charge < -0.3 is 9.73 Å². The van der Waals surface area contributed by atoms with E-state index in [2.05, 4.69) is 10.3 Å². The number of halogens is 3. The Kier molecular flexibility index (Phi) is 6.19. The number of aromatic nitrogens is 1. The van der Waals surface area contributed by atoms with Crippen LogP contribution in [0.25, 0.3) is 11.3 Å². The van der Waals surface area contributed by atoms with E-state index in [0.717, 1.165) is 17.7 Å². The van der Waals surface area contributed by atoms with Crippen LogP contribution in [0.2, 0.25) is 5.02 Å². The van der Waals surface area contributed by atoms with Gasteiger partial charge in [0.25, 0.3) is 0 Å². The molecule has 0 atom stereocenters. The summed E-state index contributed by atoms with van der Waals surface area (Å²) in [7, 11) is 0. The van der Waals surface area contributed by atoms with Crippen LogP contribution >= 0.6 is 11.6 Å². The lowest BCUT2D eigenvalue weighted by molar-refractivity contribution is -0.121. The minimum absolute atomic E-state index is 0.127. The molecule has 27 heavy (non-hydrogen) atoms. The van der Waals surface area contributed by atoms with Gasteiger partial charge in [0.1, 0.15) is 11.6 Å². The van der Waals surface area contributed by atoms with Crippen LogP contribution in [0, 0.1) is 11.6 Å². The van der Waals surface area contributed by atoms with E-state index in [-0.39, 0.29) is 30.1 Å². The number of aryl methyl sites for hydroxylation is 1. The van der Waals surface area contributed by atoms with E-state index in [1.165, 1.54) is 12.3 Å². The summed E-state index contributed by atoms with van der Waals surface area (Å²) in [5, 5.41) is 3.50. The number of rotatable bonds is 7. The molecule has 3 aromatic rings. The largest absolute Gasteiger partial charge is 0.441 e. The first-order valence-corrected chi connectivity index (χ1v) is 8.80. The molecule has 0 aliphatic rings. The highest BCUT2D eigenvalue weighted by Gasteiger charge is 2.13. The molecular weight excluding hydrogens is 374 g/mol. The van der Waals surface area contributed by atoms with Crippen molar-refractivity contribution < 1.29 is 18.0 Å². The third-order valence-corrected chi connectivity index (χ3v) is 4.22. The standard InChI is InChI=1S/C20H17ClF2N2O2/c21-14-3-1-13(2-4-14)9-10-24-19(26)7-8-20-25-12-18(27-20)16-6-5-15(22)11-17(16)23/h1-6,11-12H,7-10H2,(H,24,26). The number of hydrogen-bond donors (Lipinski definition) is 1. The molecule has 0 saturated carbocycles. The maximum absolute atomic E-state index is 13.8. The Morgan fingerprint density at radius 3 is 2.63 bits per heavy atom. The van der Waals surface area contributed by atoms with Crippen LogP contribution in [0.4, 0.5) is 8.78 Å². The van der Waals surface area contributed by atoms with Crippen molar-refractivity contribution >= 4 is 17.5 Å². The van der Waals surface area contributed by atoms with Crippen LogP contribution in [0.1, 0.15) is 17.9 Å². The summed E-state index contributed by atoms with van der Waals surface area (Å²) in [6.45, 7) is 0.512. The van der Waals surface area contributed by atoms with Crippen LogP contribution in [-0.4, -0.2) is 17.4 Å². The monoisotopic (exact) mass is 390 g/mol. The van der Waals surface area contributed by atoms with Crippen molar-refractivity contribution in [1.82, 2.24) is 10.3 Å². The molecule has 0 saturated heterocycles. The van der Waals surface area contributed by atoms with E-state index in [0.29, 0.717) is 23.9 Å². The molecule has 140 valence electrons. The lowest BCUT2D eigenvalue weighted by atomic mass is 10.1. The van der Waals surface area contributed by atoms with Gasteiger partial charge in [-0.25, -0.2) is 13.8 Å². The van der Waals surface area contributed by atoms with Crippen molar-refractivity contribution in [2.45, 2.75) is 19.3 Å². The highest BCUT2D eigenvalue weighted by atomic mass is 35.5. The third-order valence-electron chi connectivity index (χ3n) is 3.97. The molecule has 1 amide bonds.